The van der Waals surface area contributed by atoms with Gasteiger partial charge < -0.3 is 4.74 Å². The van der Waals surface area contributed by atoms with Gasteiger partial charge in [-0.2, -0.15) is 0 Å². The molecule has 1 atom stereocenters. The second kappa shape index (κ2) is 6.20. The lowest BCUT2D eigenvalue weighted by Gasteiger charge is -2.08. The summed E-state index contributed by atoms with van der Waals surface area (Å²) in [5, 5.41) is 0. The summed E-state index contributed by atoms with van der Waals surface area (Å²) < 4.78 is 4.86. The number of hydrogen-bond donors (Lipinski definition) is 0. The van der Waals surface area contributed by atoms with Gasteiger partial charge in [0.2, 0.25) is 0 Å². The molecule has 0 N–H and O–H groups in total. The highest BCUT2D eigenvalue weighted by atomic mass is 16.5. The molecule has 0 aromatic heterocycles. The fraction of sp³-hybridized carbons (Fsp3) is 0.889. The maximum Gasteiger partial charge on any atom is 0.308 e. The first-order valence-corrected chi connectivity index (χ1v) is 4.39. The molecule has 0 aliphatic heterocycles. The summed E-state index contributed by atoms with van der Waals surface area (Å²) >= 11 is 0. The zero-order chi connectivity index (χ0) is 8.69. The van der Waals surface area contributed by atoms with Crippen LogP contribution in [-0.2, 0) is 9.53 Å². The Morgan fingerprint density at radius 3 is 2.55 bits per heavy atom. The molecule has 0 unspecified atom stereocenters. The minimum absolute atomic E-state index is 0.0547. The van der Waals surface area contributed by atoms with Crippen molar-refractivity contribution < 1.29 is 9.53 Å². The summed E-state index contributed by atoms with van der Waals surface area (Å²) in [7, 11) is 0. The molecule has 0 bridgehead atoms. The van der Waals surface area contributed by atoms with Crippen molar-refractivity contribution in [3.8, 4) is 0 Å². The van der Waals surface area contributed by atoms with Gasteiger partial charge >= 0.3 is 5.97 Å². The van der Waals surface area contributed by atoms with Crippen LogP contribution in [0.15, 0.2) is 0 Å². The molecule has 0 aromatic carbocycles. The molecule has 0 saturated carbocycles. The smallest absolute Gasteiger partial charge is 0.308 e. The molecule has 2 heteroatoms. The Hall–Kier alpha value is -0.530. The van der Waals surface area contributed by atoms with Crippen molar-refractivity contribution in [3.63, 3.8) is 0 Å². The maximum atomic E-state index is 11.0. The van der Waals surface area contributed by atoms with E-state index in [1.807, 2.05) is 13.8 Å². The van der Waals surface area contributed by atoms with Crippen LogP contribution < -0.4 is 0 Å². The van der Waals surface area contributed by atoms with Gasteiger partial charge in [0.25, 0.3) is 0 Å². The third-order valence-corrected chi connectivity index (χ3v) is 1.68. The van der Waals surface area contributed by atoms with Gasteiger partial charge in [0.05, 0.1) is 12.5 Å². The molecule has 0 amide bonds. The minimum atomic E-state index is -0.0547. The van der Waals surface area contributed by atoms with Crippen LogP contribution in [0.4, 0.5) is 0 Å². The topological polar surface area (TPSA) is 26.3 Å². The third kappa shape index (κ3) is 4.82. The Balaban J connectivity index is 3.46. The average molecular weight is 158 g/mol. The molecule has 0 aromatic rings. The lowest BCUT2D eigenvalue weighted by atomic mass is 10.1. The second-order valence-corrected chi connectivity index (χ2v) is 2.80. The van der Waals surface area contributed by atoms with Gasteiger partial charge in [-0.05, 0) is 13.3 Å². The summed E-state index contributed by atoms with van der Waals surface area (Å²) in [4.78, 5) is 11.0. The van der Waals surface area contributed by atoms with E-state index in [-0.39, 0.29) is 11.9 Å². The highest BCUT2D eigenvalue weighted by molar-refractivity contribution is 5.71. The molecule has 2 nitrogen and oxygen atoms in total. The fourth-order valence-corrected chi connectivity index (χ4v) is 0.913. The quantitative estimate of drug-likeness (QED) is 0.574. The normalized spacial score (nSPS) is 12.6. The number of hydrogen-bond acceptors (Lipinski definition) is 2. The zero-order valence-corrected chi connectivity index (χ0v) is 7.72. The SMILES string of the molecule is CCCC[C@@H](C)C(=O)OCC. The molecule has 0 heterocycles. The number of ether oxygens (including phenoxy) is 1. The van der Waals surface area contributed by atoms with E-state index in [9.17, 15) is 4.79 Å². The second-order valence-electron chi connectivity index (χ2n) is 2.80. The standard InChI is InChI=1S/C9H18O2/c1-4-6-7-8(3)9(10)11-5-2/h8H,4-7H2,1-3H3/t8-/m1/s1. The Morgan fingerprint density at radius 2 is 2.09 bits per heavy atom. The molecule has 11 heavy (non-hydrogen) atoms. The Morgan fingerprint density at radius 1 is 1.45 bits per heavy atom. The number of carbonyl (C=O) groups excluding carboxylic acids is 1. The van der Waals surface area contributed by atoms with Gasteiger partial charge in [0, 0.05) is 0 Å². The van der Waals surface area contributed by atoms with E-state index in [0.717, 1.165) is 19.3 Å². The maximum absolute atomic E-state index is 11.0. The minimum Gasteiger partial charge on any atom is -0.466 e. The van der Waals surface area contributed by atoms with Crippen molar-refractivity contribution in [2.45, 2.75) is 40.0 Å². The van der Waals surface area contributed by atoms with Crippen molar-refractivity contribution in [1.82, 2.24) is 0 Å². The Kier molecular flexibility index (Phi) is 5.90. The lowest BCUT2D eigenvalue weighted by Crippen LogP contribution is -2.14. The molecule has 0 aliphatic carbocycles. The van der Waals surface area contributed by atoms with Crippen molar-refractivity contribution in [2.24, 2.45) is 5.92 Å². The predicted octanol–water partition coefficient (Wildman–Crippen LogP) is 2.38. The highest BCUT2D eigenvalue weighted by Crippen LogP contribution is 2.08. The Labute approximate surface area is 68.9 Å². The first-order chi connectivity index (χ1) is 5.22. The lowest BCUT2D eigenvalue weighted by molar-refractivity contribution is -0.147. The van der Waals surface area contributed by atoms with Gasteiger partial charge in [0.1, 0.15) is 0 Å². The Bertz CT molecular complexity index is 110. The van der Waals surface area contributed by atoms with E-state index in [1.54, 1.807) is 0 Å². The number of unbranched alkanes of at least 4 members (excludes halogenated alkanes) is 1. The largest absolute Gasteiger partial charge is 0.466 e. The van der Waals surface area contributed by atoms with Gasteiger partial charge in [-0.25, -0.2) is 0 Å². The van der Waals surface area contributed by atoms with E-state index in [2.05, 4.69) is 6.92 Å². The molecule has 0 rings (SSSR count). The molecule has 0 radical (unpaired) electrons. The van der Waals surface area contributed by atoms with Crippen LogP contribution in [0.2, 0.25) is 0 Å². The van der Waals surface area contributed by atoms with Crippen molar-refractivity contribution >= 4 is 5.97 Å². The average Bonchev–Trinajstić information content (AvgIpc) is 2.00. The number of rotatable bonds is 5. The van der Waals surface area contributed by atoms with Crippen molar-refractivity contribution in [1.29, 1.82) is 0 Å². The van der Waals surface area contributed by atoms with Gasteiger partial charge in [-0.3, -0.25) is 4.79 Å². The fourth-order valence-electron chi connectivity index (χ4n) is 0.913. The van der Waals surface area contributed by atoms with E-state index < -0.39 is 0 Å². The van der Waals surface area contributed by atoms with Crippen LogP contribution >= 0.6 is 0 Å². The third-order valence-electron chi connectivity index (χ3n) is 1.68. The van der Waals surface area contributed by atoms with Crippen LogP contribution in [-0.4, -0.2) is 12.6 Å². The van der Waals surface area contributed by atoms with Crippen molar-refractivity contribution in [3.05, 3.63) is 0 Å². The summed E-state index contributed by atoms with van der Waals surface area (Å²) in [6.45, 7) is 6.38. The molecular formula is C9H18O2. The van der Waals surface area contributed by atoms with E-state index in [1.165, 1.54) is 0 Å². The molecule has 0 aliphatic rings. The van der Waals surface area contributed by atoms with Crippen molar-refractivity contribution in [2.75, 3.05) is 6.61 Å². The van der Waals surface area contributed by atoms with Crippen LogP contribution in [0.3, 0.4) is 0 Å². The van der Waals surface area contributed by atoms with Crippen LogP contribution in [0.1, 0.15) is 40.0 Å². The zero-order valence-electron chi connectivity index (χ0n) is 7.72. The molecule has 66 valence electrons. The van der Waals surface area contributed by atoms with Gasteiger partial charge in [-0.1, -0.05) is 26.7 Å². The van der Waals surface area contributed by atoms with Crippen LogP contribution in [0.5, 0.6) is 0 Å². The van der Waals surface area contributed by atoms with E-state index in [4.69, 9.17) is 4.74 Å². The van der Waals surface area contributed by atoms with Gasteiger partial charge in [-0.15, -0.1) is 0 Å². The van der Waals surface area contributed by atoms with E-state index in [0.29, 0.717) is 6.61 Å². The highest BCUT2D eigenvalue weighted by Gasteiger charge is 2.11. The van der Waals surface area contributed by atoms with E-state index >= 15 is 0 Å². The van der Waals surface area contributed by atoms with Gasteiger partial charge in [0.15, 0.2) is 0 Å². The monoisotopic (exact) mass is 158 g/mol. The summed E-state index contributed by atoms with van der Waals surface area (Å²) in [6.07, 6.45) is 3.21. The molecule has 0 saturated heterocycles. The summed E-state index contributed by atoms with van der Waals surface area (Å²) in [5.41, 5.74) is 0. The number of esters is 1. The first-order valence-electron chi connectivity index (χ1n) is 4.39. The van der Waals surface area contributed by atoms with Crippen LogP contribution in [0.25, 0.3) is 0 Å². The molecule has 0 spiro atoms. The summed E-state index contributed by atoms with van der Waals surface area (Å²) in [5.74, 6) is 0.0239. The first kappa shape index (κ1) is 10.5. The van der Waals surface area contributed by atoms with Crippen LogP contribution in [0, 0.1) is 5.92 Å². The molecular weight excluding hydrogens is 140 g/mol. The molecule has 0 fully saturated rings. The number of carbonyl (C=O) groups is 1. The predicted molar refractivity (Wildman–Crippen MR) is 45.3 cm³/mol. The summed E-state index contributed by atoms with van der Waals surface area (Å²) in [6, 6.07) is 0.